The molecule has 0 aliphatic carbocycles. The van der Waals surface area contributed by atoms with Gasteiger partial charge >= 0.3 is 0 Å². The second-order valence-corrected chi connectivity index (χ2v) is 3.83. The summed E-state index contributed by atoms with van der Waals surface area (Å²) in [6.45, 7) is 0. The highest BCUT2D eigenvalue weighted by Crippen LogP contribution is 2.35. The number of rotatable bonds is 2. The van der Waals surface area contributed by atoms with E-state index in [1.165, 1.54) is 12.1 Å². The smallest absolute Gasteiger partial charge is 0.200 e. The lowest BCUT2D eigenvalue weighted by Crippen LogP contribution is -1.76. The van der Waals surface area contributed by atoms with Crippen LogP contribution in [0.4, 0.5) is 0 Å². The highest BCUT2D eigenvalue weighted by molar-refractivity contribution is 5.72. The lowest BCUT2D eigenvalue weighted by Gasteiger charge is -2.02. The molecular formula is C14H12O4. The Bertz CT molecular complexity index is 562. The summed E-state index contributed by atoms with van der Waals surface area (Å²) in [5.41, 5.74) is 1.41. The molecule has 0 fully saturated rings. The number of benzene rings is 2. The first-order valence-electron chi connectivity index (χ1n) is 5.28. The molecule has 4 N–H and O–H groups in total. The first kappa shape index (κ1) is 11.9. The molecule has 0 spiro atoms. The molecule has 0 aliphatic heterocycles. The van der Waals surface area contributed by atoms with E-state index in [1.807, 2.05) is 0 Å². The van der Waals surface area contributed by atoms with Crippen molar-refractivity contribution in [2.45, 2.75) is 0 Å². The van der Waals surface area contributed by atoms with Crippen molar-refractivity contribution in [1.82, 2.24) is 0 Å². The van der Waals surface area contributed by atoms with Gasteiger partial charge in [0.15, 0.2) is 17.2 Å². The average molecular weight is 244 g/mol. The summed E-state index contributed by atoms with van der Waals surface area (Å²) in [6.07, 6.45) is 3.43. The first-order chi connectivity index (χ1) is 8.56. The molecule has 92 valence electrons. The molecule has 2 rings (SSSR count). The Labute approximate surface area is 104 Å². The number of hydrogen-bond donors (Lipinski definition) is 4. The first-order valence-corrected chi connectivity index (χ1v) is 5.28. The molecule has 0 saturated heterocycles. The fraction of sp³-hybridized carbons (Fsp3) is 0. The van der Waals surface area contributed by atoms with E-state index in [-0.39, 0.29) is 17.2 Å². The van der Waals surface area contributed by atoms with Crippen LogP contribution < -0.4 is 0 Å². The zero-order valence-electron chi connectivity index (χ0n) is 9.41. The van der Waals surface area contributed by atoms with E-state index in [4.69, 9.17) is 5.11 Å². The number of phenols is 4. The predicted molar refractivity (Wildman–Crippen MR) is 68.5 cm³/mol. The highest BCUT2D eigenvalue weighted by atomic mass is 16.3. The standard InChI is InChI=1S/C14H12O4/c15-11-5-3-9(4-6-11)1-2-10-7-12(16)14(18)13(17)8-10/h1-8,15-18H. The highest BCUT2D eigenvalue weighted by Gasteiger charge is 2.06. The van der Waals surface area contributed by atoms with Crippen LogP contribution in [-0.4, -0.2) is 20.4 Å². The third-order valence-electron chi connectivity index (χ3n) is 2.45. The van der Waals surface area contributed by atoms with Crippen LogP contribution in [0.15, 0.2) is 36.4 Å². The van der Waals surface area contributed by atoms with Crippen LogP contribution in [0.1, 0.15) is 11.1 Å². The monoisotopic (exact) mass is 244 g/mol. The van der Waals surface area contributed by atoms with Crippen LogP contribution in [0.3, 0.4) is 0 Å². The lowest BCUT2D eigenvalue weighted by atomic mass is 10.1. The zero-order chi connectivity index (χ0) is 13.1. The van der Waals surface area contributed by atoms with E-state index in [9.17, 15) is 15.3 Å². The van der Waals surface area contributed by atoms with Gasteiger partial charge in [-0.2, -0.15) is 0 Å². The number of aromatic hydroxyl groups is 4. The van der Waals surface area contributed by atoms with Gasteiger partial charge in [0.2, 0.25) is 0 Å². The molecule has 0 radical (unpaired) electrons. The Morgan fingerprint density at radius 1 is 0.667 bits per heavy atom. The largest absolute Gasteiger partial charge is 0.508 e. The quantitative estimate of drug-likeness (QED) is 0.483. The van der Waals surface area contributed by atoms with Crippen LogP contribution in [0.25, 0.3) is 12.2 Å². The van der Waals surface area contributed by atoms with Crippen molar-refractivity contribution < 1.29 is 20.4 Å². The average Bonchev–Trinajstić information content (AvgIpc) is 2.35. The SMILES string of the molecule is Oc1ccc(C=Cc2cc(O)c(O)c(O)c2)cc1. The summed E-state index contributed by atoms with van der Waals surface area (Å²) in [5.74, 6) is -1.09. The molecule has 0 bridgehead atoms. The predicted octanol–water partition coefficient (Wildman–Crippen LogP) is 2.68. The van der Waals surface area contributed by atoms with Crippen LogP contribution >= 0.6 is 0 Å². The molecule has 0 unspecified atom stereocenters. The molecule has 2 aromatic carbocycles. The molecule has 4 nitrogen and oxygen atoms in total. The van der Waals surface area contributed by atoms with Crippen LogP contribution in [0.5, 0.6) is 23.0 Å². The van der Waals surface area contributed by atoms with Gasteiger partial charge in [-0.15, -0.1) is 0 Å². The fourth-order valence-electron chi connectivity index (χ4n) is 1.50. The molecular weight excluding hydrogens is 232 g/mol. The van der Waals surface area contributed by atoms with Crippen LogP contribution in [-0.2, 0) is 0 Å². The van der Waals surface area contributed by atoms with E-state index < -0.39 is 5.75 Å². The van der Waals surface area contributed by atoms with Crippen molar-refractivity contribution in [3.63, 3.8) is 0 Å². The van der Waals surface area contributed by atoms with Crippen molar-refractivity contribution >= 4 is 12.2 Å². The Morgan fingerprint density at radius 3 is 1.72 bits per heavy atom. The lowest BCUT2D eigenvalue weighted by molar-refractivity contribution is 0.368. The van der Waals surface area contributed by atoms with Gasteiger partial charge in [0, 0.05) is 0 Å². The maximum atomic E-state index is 9.34. The van der Waals surface area contributed by atoms with E-state index in [0.717, 1.165) is 5.56 Å². The fourth-order valence-corrected chi connectivity index (χ4v) is 1.50. The minimum Gasteiger partial charge on any atom is -0.508 e. The molecule has 0 heterocycles. The Balaban J connectivity index is 2.26. The van der Waals surface area contributed by atoms with Crippen molar-refractivity contribution in [2.75, 3.05) is 0 Å². The van der Waals surface area contributed by atoms with E-state index >= 15 is 0 Å². The van der Waals surface area contributed by atoms with Gasteiger partial charge in [-0.25, -0.2) is 0 Å². The zero-order valence-corrected chi connectivity index (χ0v) is 9.41. The molecule has 0 aliphatic rings. The summed E-state index contributed by atoms with van der Waals surface area (Å²) in [6, 6.07) is 9.26. The molecule has 0 amide bonds. The number of phenolic OH excluding ortho intramolecular Hbond substituents is 4. The Morgan fingerprint density at radius 2 is 1.17 bits per heavy atom. The van der Waals surface area contributed by atoms with Crippen molar-refractivity contribution in [3.05, 3.63) is 47.5 Å². The van der Waals surface area contributed by atoms with E-state index in [0.29, 0.717) is 5.56 Å². The minimum atomic E-state index is -0.531. The van der Waals surface area contributed by atoms with Gasteiger partial charge in [-0.05, 0) is 35.4 Å². The minimum absolute atomic E-state index is 0.187. The maximum Gasteiger partial charge on any atom is 0.200 e. The molecule has 0 atom stereocenters. The van der Waals surface area contributed by atoms with Gasteiger partial charge in [0.05, 0.1) is 0 Å². The second-order valence-electron chi connectivity index (χ2n) is 3.83. The normalized spacial score (nSPS) is 10.9. The topological polar surface area (TPSA) is 80.9 Å². The van der Waals surface area contributed by atoms with Crippen LogP contribution in [0, 0.1) is 0 Å². The Kier molecular flexibility index (Phi) is 3.10. The van der Waals surface area contributed by atoms with Gasteiger partial charge in [-0.3, -0.25) is 0 Å². The molecule has 18 heavy (non-hydrogen) atoms. The molecule has 0 saturated carbocycles. The van der Waals surface area contributed by atoms with E-state index in [1.54, 1.807) is 36.4 Å². The van der Waals surface area contributed by atoms with E-state index in [2.05, 4.69) is 0 Å². The summed E-state index contributed by atoms with van der Waals surface area (Å²) < 4.78 is 0. The van der Waals surface area contributed by atoms with Gasteiger partial charge in [0.1, 0.15) is 5.75 Å². The third-order valence-corrected chi connectivity index (χ3v) is 2.45. The maximum absolute atomic E-state index is 9.34. The molecule has 0 aromatic heterocycles. The van der Waals surface area contributed by atoms with Gasteiger partial charge in [0.25, 0.3) is 0 Å². The van der Waals surface area contributed by atoms with Crippen LogP contribution in [0.2, 0.25) is 0 Å². The second kappa shape index (κ2) is 4.71. The summed E-state index contributed by atoms with van der Waals surface area (Å²) in [7, 11) is 0. The summed E-state index contributed by atoms with van der Waals surface area (Å²) >= 11 is 0. The summed E-state index contributed by atoms with van der Waals surface area (Å²) in [4.78, 5) is 0. The van der Waals surface area contributed by atoms with Crippen molar-refractivity contribution in [3.8, 4) is 23.0 Å². The van der Waals surface area contributed by atoms with Crippen molar-refractivity contribution in [1.29, 1.82) is 0 Å². The van der Waals surface area contributed by atoms with Gasteiger partial charge in [-0.1, -0.05) is 24.3 Å². The Hall–Kier alpha value is -2.62. The van der Waals surface area contributed by atoms with Gasteiger partial charge < -0.3 is 20.4 Å². The number of hydrogen-bond acceptors (Lipinski definition) is 4. The molecule has 2 aromatic rings. The third kappa shape index (κ3) is 2.55. The molecule has 4 heteroatoms. The summed E-state index contributed by atoms with van der Waals surface area (Å²) in [5, 5.41) is 37.0. The van der Waals surface area contributed by atoms with Crippen molar-refractivity contribution in [2.24, 2.45) is 0 Å².